The fourth-order valence-corrected chi connectivity index (χ4v) is 3.18. The fourth-order valence-electron chi connectivity index (χ4n) is 3.18. The predicted octanol–water partition coefficient (Wildman–Crippen LogP) is 4.58. The lowest BCUT2D eigenvalue weighted by atomic mass is 10.1. The van der Waals surface area contributed by atoms with Gasteiger partial charge in [-0.3, -0.25) is 10.1 Å². The number of aryl methyl sites for hydroxylation is 2. The molecule has 0 amide bonds. The van der Waals surface area contributed by atoms with Crippen LogP contribution in [-0.4, -0.2) is 31.2 Å². The topological polar surface area (TPSA) is 104 Å². The predicted molar refractivity (Wildman–Crippen MR) is 113 cm³/mol. The second-order valence-electron chi connectivity index (χ2n) is 6.74. The van der Waals surface area contributed by atoms with E-state index < -0.39 is 5.97 Å². The van der Waals surface area contributed by atoms with E-state index in [9.17, 15) is 9.90 Å². The van der Waals surface area contributed by atoms with Crippen LogP contribution >= 0.6 is 0 Å². The van der Waals surface area contributed by atoms with Crippen molar-refractivity contribution in [1.29, 1.82) is 0 Å². The highest BCUT2D eigenvalue weighted by molar-refractivity contribution is 5.95. The number of hydrogen-bond donors (Lipinski definition) is 3. The molecule has 29 heavy (non-hydrogen) atoms. The number of nitrogens with zero attached hydrogens (tertiary/aromatic N) is 3. The minimum absolute atomic E-state index is 0.113. The first kappa shape index (κ1) is 18.4. The van der Waals surface area contributed by atoms with E-state index in [4.69, 9.17) is 0 Å². The first-order chi connectivity index (χ1) is 14.0. The SMILES string of the molecule is Cc1cc(C)nc(/C=C/c2n[nH]c3cc(Nc4ncccc4C(=O)O)ccc23)c1. The number of aromatic carboxylic acids is 1. The van der Waals surface area contributed by atoms with E-state index in [1.165, 1.54) is 6.07 Å². The fraction of sp³-hybridized carbons (Fsp3) is 0.0909. The summed E-state index contributed by atoms with van der Waals surface area (Å²) in [5.41, 5.74) is 5.48. The third kappa shape index (κ3) is 3.98. The summed E-state index contributed by atoms with van der Waals surface area (Å²) in [6.45, 7) is 4.02. The van der Waals surface area contributed by atoms with Crippen LogP contribution < -0.4 is 5.32 Å². The van der Waals surface area contributed by atoms with Gasteiger partial charge in [0, 0.05) is 23.0 Å². The second kappa shape index (κ2) is 7.55. The minimum atomic E-state index is -1.03. The Labute approximate surface area is 167 Å². The van der Waals surface area contributed by atoms with Crippen LogP contribution in [0.2, 0.25) is 0 Å². The van der Waals surface area contributed by atoms with Gasteiger partial charge in [-0.2, -0.15) is 5.10 Å². The highest BCUT2D eigenvalue weighted by Gasteiger charge is 2.11. The molecule has 0 unspecified atom stereocenters. The number of nitrogens with one attached hydrogen (secondary N) is 2. The number of carbonyl (C=O) groups is 1. The number of carboxylic acids is 1. The number of rotatable bonds is 5. The molecule has 1 aromatic carbocycles. The minimum Gasteiger partial charge on any atom is -0.478 e. The van der Waals surface area contributed by atoms with Crippen LogP contribution in [0.25, 0.3) is 23.1 Å². The normalized spacial score (nSPS) is 11.2. The number of benzene rings is 1. The van der Waals surface area contributed by atoms with Crippen LogP contribution in [-0.2, 0) is 0 Å². The second-order valence-corrected chi connectivity index (χ2v) is 6.74. The molecule has 0 bridgehead atoms. The summed E-state index contributed by atoms with van der Waals surface area (Å²) in [4.78, 5) is 20.0. The number of pyridine rings is 2. The molecule has 4 aromatic rings. The van der Waals surface area contributed by atoms with Gasteiger partial charge in [-0.15, -0.1) is 0 Å². The van der Waals surface area contributed by atoms with Crippen molar-refractivity contribution in [3.63, 3.8) is 0 Å². The smallest absolute Gasteiger partial charge is 0.339 e. The maximum absolute atomic E-state index is 11.3. The molecule has 0 saturated heterocycles. The van der Waals surface area contributed by atoms with Crippen molar-refractivity contribution in [2.45, 2.75) is 13.8 Å². The molecule has 4 rings (SSSR count). The Hall–Kier alpha value is -4.00. The van der Waals surface area contributed by atoms with Crippen LogP contribution in [0.15, 0.2) is 48.7 Å². The van der Waals surface area contributed by atoms with E-state index in [0.29, 0.717) is 11.5 Å². The highest BCUT2D eigenvalue weighted by atomic mass is 16.4. The molecule has 7 heteroatoms. The molecule has 0 radical (unpaired) electrons. The van der Waals surface area contributed by atoms with Gasteiger partial charge < -0.3 is 10.4 Å². The van der Waals surface area contributed by atoms with Crippen molar-refractivity contribution in [2.75, 3.05) is 5.32 Å². The summed E-state index contributed by atoms with van der Waals surface area (Å²) in [5, 5.41) is 20.7. The zero-order valence-electron chi connectivity index (χ0n) is 16.0. The maximum atomic E-state index is 11.3. The molecule has 0 saturated carbocycles. The number of fused-ring (bicyclic) bond motifs is 1. The van der Waals surface area contributed by atoms with Crippen molar-refractivity contribution >= 4 is 40.5 Å². The zero-order valence-corrected chi connectivity index (χ0v) is 16.0. The molecule has 0 aliphatic rings. The van der Waals surface area contributed by atoms with Crippen molar-refractivity contribution in [3.8, 4) is 0 Å². The number of hydrogen-bond acceptors (Lipinski definition) is 5. The van der Waals surface area contributed by atoms with Crippen molar-refractivity contribution in [2.24, 2.45) is 0 Å². The van der Waals surface area contributed by atoms with Crippen molar-refractivity contribution in [1.82, 2.24) is 20.2 Å². The first-order valence-corrected chi connectivity index (χ1v) is 9.06. The molecule has 0 aliphatic heterocycles. The highest BCUT2D eigenvalue weighted by Crippen LogP contribution is 2.25. The monoisotopic (exact) mass is 385 g/mol. The lowest BCUT2D eigenvalue weighted by Crippen LogP contribution is -2.04. The van der Waals surface area contributed by atoms with Crippen molar-refractivity contribution in [3.05, 3.63) is 76.9 Å². The van der Waals surface area contributed by atoms with Gasteiger partial charge in [0.25, 0.3) is 0 Å². The molecule has 0 aliphatic carbocycles. The lowest BCUT2D eigenvalue weighted by Gasteiger charge is -2.08. The van der Waals surface area contributed by atoms with E-state index in [1.807, 2.05) is 56.3 Å². The molecule has 0 spiro atoms. The van der Waals surface area contributed by atoms with E-state index in [0.717, 1.165) is 33.5 Å². The number of H-pyrrole nitrogens is 1. The summed E-state index contributed by atoms with van der Waals surface area (Å²) in [5.74, 6) is -0.740. The van der Waals surface area contributed by atoms with Gasteiger partial charge >= 0.3 is 5.97 Å². The van der Waals surface area contributed by atoms with Crippen LogP contribution in [0.4, 0.5) is 11.5 Å². The summed E-state index contributed by atoms with van der Waals surface area (Å²) in [6.07, 6.45) is 5.41. The largest absolute Gasteiger partial charge is 0.478 e. The Morgan fingerprint density at radius 3 is 2.79 bits per heavy atom. The standard InChI is InChI=1S/C22H19N5O2/c1-13-10-14(2)24-15(11-13)6-8-19-17-7-5-16(12-20(17)27-26-19)25-21-18(22(28)29)4-3-9-23-21/h3-12H,1-2H3,(H,23,25)(H,26,27)(H,28,29)/b8-6+. The van der Waals surface area contributed by atoms with Crippen LogP contribution in [0, 0.1) is 13.8 Å². The lowest BCUT2D eigenvalue weighted by molar-refractivity contribution is 0.0697. The van der Waals surface area contributed by atoms with Gasteiger partial charge in [0.2, 0.25) is 0 Å². The molecule has 144 valence electrons. The number of aromatic nitrogens is 4. The number of anilines is 2. The van der Waals surface area contributed by atoms with Crippen LogP contribution in [0.1, 0.15) is 33.0 Å². The van der Waals surface area contributed by atoms with E-state index >= 15 is 0 Å². The third-order valence-corrected chi connectivity index (χ3v) is 4.42. The Balaban J connectivity index is 1.61. The third-order valence-electron chi connectivity index (χ3n) is 4.42. The maximum Gasteiger partial charge on any atom is 0.339 e. The van der Waals surface area contributed by atoms with Gasteiger partial charge in [-0.25, -0.2) is 9.78 Å². The van der Waals surface area contributed by atoms with Crippen molar-refractivity contribution < 1.29 is 9.90 Å². The quantitative estimate of drug-likeness (QED) is 0.464. The van der Waals surface area contributed by atoms with Gasteiger partial charge in [0.15, 0.2) is 0 Å². The van der Waals surface area contributed by atoms with Gasteiger partial charge in [0.05, 0.1) is 16.9 Å². The molecule has 3 N–H and O–H groups in total. The molecule has 3 aromatic heterocycles. The Morgan fingerprint density at radius 2 is 2.00 bits per heavy atom. The Bertz CT molecular complexity index is 1220. The number of carboxylic acid groups (broad SMARTS) is 1. The average Bonchev–Trinajstić information content (AvgIpc) is 3.08. The summed E-state index contributed by atoms with van der Waals surface area (Å²) in [6, 6.07) is 12.8. The van der Waals surface area contributed by atoms with Gasteiger partial charge in [-0.1, -0.05) is 0 Å². The summed E-state index contributed by atoms with van der Waals surface area (Å²) >= 11 is 0. The molecule has 3 heterocycles. The molecule has 0 fully saturated rings. The molecular formula is C22H19N5O2. The Kier molecular flexibility index (Phi) is 4.78. The summed E-state index contributed by atoms with van der Waals surface area (Å²) < 4.78 is 0. The van der Waals surface area contributed by atoms with Gasteiger partial charge in [-0.05, 0) is 74.0 Å². The van der Waals surface area contributed by atoms with E-state index in [-0.39, 0.29) is 5.56 Å². The van der Waals surface area contributed by atoms with Crippen LogP contribution in [0.5, 0.6) is 0 Å². The first-order valence-electron chi connectivity index (χ1n) is 9.06. The van der Waals surface area contributed by atoms with E-state index in [1.54, 1.807) is 12.3 Å². The summed E-state index contributed by atoms with van der Waals surface area (Å²) in [7, 11) is 0. The average molecular weight is 385 g/mol. The van der Waals surface area contributed by atoms with Gasteiger partial charge in [0.1, 0.15) is 11.4 Å². The molecular weight excluding hydrogens is 366 g/mol. The van der Waals surface area contributed by atoms with Crippen LogP contribution in [0.3, 0.4) is 0 Å². The Morgan fingerprint density at radius 1 is 1.14 bits per heavy atom. The molecule has 0 atom stereocenters. The zero-order chi connectivity index (χ0) is 20.4. The molecule has 7 nitrogen and oxygen atoms in total. The van der Waals surface area contributed by atoms with E-state index in [2.05, 4.69) is 25.5 Å². The number of aromatic amines is 1.